The number of nitrogens with two attached hydrogens (primary N) is 1. The maximum absolute atomic E-state index is 12.3. The number of benzene rings is 2. The Kier molecular flexibility index (Phi) is 4.93. The highest BCUT2D eigenvalue weighted by molar-refractivity contribution is 5.95. The van der Waals surface area contributed by atoms with E-state index in [0.717, 1.165) is 24.3 Å². The van der Waals surface area contributed by atoms with Crippen LogP contribution in [0.15, 0.2) is 54.6 Å². The first-order chi connectivity index (χ1) is 11.2. The van der Waals surface area contributed by atoms with E-state index in [4.69, 9.17) is 5.73 Å². The van der Waals surface area contributed by atoms with E-state index in [2.05, 4.69) is 22.3 Å². The van der Waals surface area contributed by atoms with Crippen LogP contribution in [0.2, 0.25) is 0 Å². The molecule has 1 fully saturated rings. The molecule has 2 aromatic carbocycles. The van der Waals surface area contributed by atoms with Gasteiger partial charge in [-0.05, 0) is 49.1 Å². The maximum atomic E-state index is 12.3. The monoisotopic (exact) mass is 309 g/mol. The summed E-state index contributed by atoms with van der Waals surface area (Å²) in [4.78, 5) is 14.6. The summed E-state index contributed by atoms with van der Waals surface area (Å²) >= 11 is 0. The van der Waals surface area contributed by atoms with Crippen LogP contribution < -0.4 is 16.0 Å². The molecule has 0 saturated carbocycles. The zero-order valence-corrected chi connectivity index (χ0v) is 13.2. The van der Waals surface area contributed by atoms with Gasteiger partial charge in [-0.2, -0.15) is 0 Å². The first-order valence-electron chi connectivity index (χ1n) is 8.20. The zero-order valence-electron chi connectivity index (χ0n) is 13.2. The van der Waals surface area contributed by atoms with Crippen LogP contribution in [-0.2, 0) is 4.79 Å². The number of nitrogens with one attached hydrogen (secondary N) is 1. The molecule has 0 aromatic heterocycles. The van der Waals surface area contributed by atoms with Crippen LogP contribution in [0.3, 0.4) is 0 Å². The van der Waals surface area contributed by atoms with Gasteiger partial charge >= 0.3 is 0 Å². The van der Waals surface area contributed by atoms with Crippen molar-refractivity contribution in [2.75, 3.05) is 23.3 Å². The normalized spacial score (nSPS) is 16.0. The van der Waals surface area contributed by atoms with Gasteiger partial charge in [0.1, 0.15) is 6.04 Å². The standard InChI is InChI=1S/C19H23N3O/c20-18(15-7-3-1-4-8-15)19(23)21-16-9-11-17(12-10-16)22-13-5-2-6-14-22/h1,3-4,7-12,18H,2,5-6,13-14,20H2,(H,21,23)/t18-/m0/s1. The summed E-state index contributed by atoms with van der Waals surface area (Å²) < 4.78 is 0. The summed E-state index contributed by atoms with van der Waals surface area (Å²) in [5.41, 5.74) is 8.83. The van der Waals surface area contributed by atoms with Crippen molar-refractivity contribution >= 4 is 17.3 Å². The van der Waals surface area contributed by atoms with Crippen molar-refractivity contribution in [2.45, 2.75) is 25.3 Å². The fraction of sp³-hybridized carbons (Fsp3) is 0.316. The van der Waals surface area contributed by atoms with Gasteiger partial charge in [0.05, 0.1) is 0 Å². The van der Waals surface area contributed by atoms with Crippen LogP contribution >= 0.6 is 0 Å². The van der Waals surface area contributed by atoms with E-state index >= 15 is 0 Å². The van der Waals surface area contributed by atoms with Gasteiger partial charge in [0, 0.05) is 24.5 Å². The minimum atomic E-state index is -0.655. The van der Waals surface area contributed by atoms with Crippen LogP contribution in [0.5, 0.6) is 0 Å². The molecule has 1 atom stereocenters. The molecule has 3 rings (SSSR count). The summed E-state index contributed by atoms with van der Waals surface area (Å²) in [6.45, 7) is 2.23. The summed E-state index contributed by atoms with van der Waals surface area (Å²) in [6.07, 6.45) is 3.83. The van der Waals surface area contributed by atoms with Crippen LogP contribution in [-0.4, -0.2) is 19.0 Å². The average Bonchev–Trinajstić information content (AvgIpc) is 2.63. The molecule has 1 aliphatic heterocycles. The van der Waals surface area contributed by atoms with Crippen LogP contribution in [0.1, 0.15) is 30.9 Å². The highest BCUT2D eigenvalue weighted by Gasteiger charge is 2.16. The Morgan fingerprint density at radius 1 is 0.957 bits per heavy atom. The first-order valence-corrected chi connectivity index (χ1v) is 8.20. The van der Waals surface area contributed by atoms with E-state index in [9.17, 15) is 4.79 Å². The maximum Gasteiger partial charge on any atom is 0.245 e. The molecule has 0 spiro atoms. The molecule has 1 saturated heterocycles. The molecule has 3 N–H and O–H groups in total. The fourth-order valence-corrected chi connectivity index (χ4v) is 2.94. The zero-order chi connectivity index (χ0) is 16.1. The van der Waals surface area contributed by atoms with Gasteiger partial charge in [0.25, 0.3) is 0 Å². The second-order valence-electron chi connectivity index (χ2n) is 5.97. The highest BCUT2D eigenvalue weighted by Crippen LogP contribution is 2.22. The molecule has 2 aromatic rings. The van der Waals surface area contributed by atoms with E-state index in [1.54, 1.807) is 0 Å². The summed E-state index contributed by atoms with van der Waals surface area (Å²) in [5, 5.41) is 2.89. The van der Waals surface area contributed by atoms with Crippen molar-refractivity contribution in [1.82, 2.24) is 0 Å². The molecule has 120 valence electrons. The Hall–Kier alpha value is -2.33. The van der Waals surface area contributed by atoms with E-state index in [-0.39, 0.29) is 5.91 Å². The van der Waals surface area contributed by atoms with E-state index < -0.39 is 6.04 Å². The predicted molar refractivity (Wildman–Crippen MR) is 94.5 cm³/mol. The lowest BCUT2D eigenvalue weighted by Gasteiger charge is -2.28. The smallest absolute Gasteiger partial charge is 0.245 e. The number of amides is 1. The van der Waals surface area contributed by atoms with Crippen molar-refractivity contribution < 1.29 is 4.79 Å². The van der Waals surface area contributed by atoms with Crippen molar-refractivity contribution in [2.24, 2.45) is 5.73 Å². The van der Waals surface area contributed by atoms with Crippen LogP contribution in [0.4, 0.5) is 11.4 Å². The van der Waals surface area contributed by atoms with Crippen LogP contribution in [0.25, 0.3) is 0 Å². The molecular weight excluding hydrogens is 286 g/mol. The molecule has 0 aliphatic carbocycles. The minimum absolute atomic E-state index is 0.193. The fourth-order valence-electron chi connectivity index (χ4n) is 2.94. The van der Waals surface area contributed by atoms with E-state index in [0.29, 0.717) is 0 Å². The molecule has 1 heterocycles. The lowest BCUT2D eigenvalue weighted by molar-refractivity contribution is -0.117. The number of rotatable bonds is 4. The first kappa shape index (κ1) is 15.6. The Balaban J connectivity index is 1.62. The van der Waals surface area contributed by atoms with Crippen molar-refractivity contribution in [3.63, 3.8) is 0 Å². The number of carbonyl (C=O) groups is 1. The Labute approximate surface area is 137 Å². The summed E-state index contributed by atoms with van der Waals surface area (Å²) in [7, 11) is 0. The number of piperidine rings is 1. The predicted octanol–water partition coefficient (Wildman–Crippen LogP) is 3.32. The van der Waals surface area contributed by atoms with Crippen molar-refractivity contribution in [3.8, 4) is 0 Å². The van der Waals surface area contributed by atoms with Crippen molar-refractivity contribution in [3.05, 3.63) is 60.2 Å². The van der Waals surface area contributed by atoms with Gasteiger partial charge in [-0.1, -0.05) is 30.3 Å². The Morgan fingerprint density at radius 3 is 2.26 bits per heavy atom. The molecule has 0 unspecified atom stereocenters. The van der Waals surface area contributed by atoms with Crippen molar-refractivity contribution in [1.29, 1.82) is 0 Å². The number of hydrogen-bond acceptors (Lipinski definition) is 3. The summed E-state index contributed by atoms with van der Waals surface area (Å²) in [6, 6.07) is 16.8. The number of hydrogen-bond donors (Lipinski definition) is 2. The molecule has 4 nitrogen and oxygen atoms in total. The topological polar surface area (TPSA) is 58.4 Å². The number of nitrogens with zero attached hydrogens (tertiary/aromatic N) is 1. The quantitative estimate of drug-likeness (QED) is 0.911. The third kappa shape index (κ3) is 3.90. The Morgan fingerprint density at radius 2 is 1.61 bits per heavy atom. The Bertz CT molecular complexity index is 633. The molecule has 1 amide bonds. The van der Waals surface area contributed by atoms with Crippen LogP contribution in [0, 0.1) is 0 Å². The molecule has 23 heavy (non-hydrogen) atoms. The molecule has 0 radical (unpaired) electrons. The third-order valence-corrected chi connectivity index (χ3v) is 4.30. The number of anilines is 2. The SMILES string of the molecule is N[C@H](C(=O)Nc1ccc(N2CCCCC2)cc1)c1ccccc1. The highest BCUT2D eigenvalue weighted by atomic mass is 16.2. The lowest BCUT2D eigenvalue weighted by Crippen LogP contribution is -2.29. The van der Waals surface area contributed by atoms with E-state index in [1.807, 2.05) is 42.5 Å². The second-order valence-corrected chi connectivity index (χ2v) is 5.97. The molecular formula is C19H23N3O. The minimum Gasteiger partial charge on any atom is -0.372 e. The average molecular weight is 309 g/mol. The molecule has 0 bridgehead atoms. The molecule has 4 heteroatoms. The summed E-state index contributed by atoms with van der Waals surface area (Å²) in [5.74, 6) is -0.193. The molecule has 1 aliphatic rings. The van der Waals surface area contributed by atoms with Gasteiger partial charge in [0.2, 0.25) is 5.91 Å². The van der Waals surface area contributed by atoms with E-state index in [1.165, 1.54) is 24.9 Å². The second kappa shape index (κ2) is 7.29. The largest absolute Gasteiger partial charge is 0.372 e. The number of carbonyl (C=O) groups excluding carboxylic acids is 1. The van der Waals surface area contributed by atoms with Gasteiger partial charge in [-0.3, -0.25) is 4.79 Å². The van der Waals surface area contributed by atoms with Gasteiger partial charge in [-0.15, -0.1) is 0 Å². The lowest BCUT2D eigenvalue weighted by atomic mass is 10.1. The third-order valence-electron chi connectivity index (χ3n) is 4.30. The van der Waals surface area contributed by atoms with Gasteiger partial charge < -0.3 is 16.0 Å². The van der Waals surface area contributed by atoms with Gasteiger partial charge in [-0.25, -0.2) is 0 Å². The van der Waals surface area contributed by atoms with Gasteiger partial charge in [0.15, 0.2) is 0 Å².